The summed E-state index contributed by atoms with van der Waals surface area (Å²) in [5, 5.41) is 11.5. The maximum absolute atomic E-state index is 13.3. The van der Waals surface area contributed by atoms with Gasteiger partial charge >= 0.3 is 5.97 Å². The van der Waals surface area contributed by atoms with Gasteiger partial charge in [0.2, 0.25) is 0 Å². The lowest BCUT2D eigenvalue weighted by Crippen LogP contribution is -2.14. The highest BCUT2D eigenvalue weighted by molar-refractivity contribution is 7.12. The van der Waals surface area contributed by atoms with Crippen molar-refractivity contribution in [3.63, 3.8) is 0 Å². The first-order chi connectivity index (χ1) is 9.40. The second-order valence-corrected chi connectivity index (χ2v) is 4.38. The molecule has 1 aromatic carbocycles. The van der Waals surface area contributed by atoms with Gasteiger partial charge in [-0.25, -0.2) is 22.9 Å². The maximum atomic E-state index is 13.3. The average molecular weight is 302 g/mol. The van der Waals surface area contributed by atoms with Crippen LogP contribution in [0.1, 0.15) is 20.3 Å². The fourth-order valence-corrected chi connectivity index (χ4v) is 1.96. The SMILES string of the molecule is O=C(O)c1csc(C(=O)Nc2ccc(F)c(F)c2F)n1. The van der Waals surface area contributed by atoms with Gasteiger partial charge in [0.25, 0.3) is 5.91 Å². The minimum absolute atomic E-state index is 0.244. The molecule has 104 valence electrons. The number of carboxylic acids is 1. The monoisotopic (exact) mass is 302 g/mol. The first kappa shape index (κ1) is 14.0. The first-order valence-electron chi connectivity index (χ1n) is 5.04. The number of aromatic carboxylic acids is 1. The van der Waals surface area contributed by atoms with Crippen LogP contribution in [0.25, 0.3) is 0 Å². The summed E-state index contributed by atoms with van der Waals surface area (Å²) in [5.74, 6) is -6.89. The van der Waals surface area contributed by atoms with Crippen molar-refractivity contribution in [1.82, 2.24) is 4.98 Å². The Morgan fingerprint density at radius 2 is 1.90 bits per heavy atom. The van der Waals surface area contributed by atoms with Gasteiger partial charge in [0.1, 0.15) is 0 Å². The van der Waals surface area contributed by atoms with E-state index in [0.717, 1.165) is 22.8 Å². The van der Waals surface area contributed by atoms with Gasteiger partial charge in [-0.3, -0.25) is 4.79 Å². The molecule has 0 aliphatic carbocycles. The summed E-state index contributed by atoms with van der Waals surface area (Å²) < 4.78 is 39.0. The Morgan fingerprint density at radius 3 is 2.50 bits per heavy atom. The molecular formula is C11H5F3N2O3S. The van der Waals surface area contributed by atoms with Crippen LogP contribution >= 0.6 is 11.3 Å². The van der Waals surface area contributed by atoms with Crippen molar-refractivity contribution in [2.75, 3.05) is 5.32 Å². The Hall–Kier alpha value is -2.42. The molecular weight excluding hydrogens is 297 g/mol. The number of thiazole rings is 1. The Kier molecular flexibility index (Phi) is 3.70. The molecule has 0 aliphatic heterocycles. The van der Waals surface area contributed by atoms with Gasteiger partial charge in [0.15, 0.2) is 28.2 Å². The quantitative estimate of drug-likeness (QED) is 0.854. The molecule has 1 amide bonds. The number of benzene rings is 1. The number of nitrogens with zero attached hydrogens (tertiary/aromatic N) is 1. The third-order valence-corrected chi connectivity index (χ3v) is 3.04. The summed E-state index contributed by atoms with van der Waals surface area (Å²) in [7, 11) is 0. The van der Waals surface area contributed by atoms with E-state index in [0.29, 0.717) is 6.07 Å². The van der Waals surface area contributed by atoms with Crippen LogP contribution < -0.4 is 5.32 Å². The van der Waals surface area contributed by atoms with Gasteiger partial charge in [-0.05, 0) is 12.1 Å². The predicted molar refractivity (Wildman–Crippen MR) is 63.3 cm³/mol. The topological polar surface area (TPSA) is 79.3 Å². The van der Waals surface area contributed by atoms with Crippen LogP contribution in [-0.4, -0.2) is 22.0 Å². The highest BCUT2D eigenvalue weighted by Crippen LogP contribution is 2.21. The number of hydrogen-bond acceptors (Lipinski definition) is 4. The van der Waals surface area contributed by atoms with Crippen molar-refractivity contribution >= 4 is 28.9 Å². The molecule has 0 spiro atoms. The Bertz CT molecular complexity index is 702. The molecule has 0 atom stereocenters. The fraction of sp³-hybridized carbons (Fsp3) is 0. The van der Waals surface area contributed by atoms with Crippen LogP contribution in [0, 0.1) is 17.5 Å². The molecule has 0 bridgehead atoms. The van der Waals surface area contributed by atoms with E-state index in [9.17, 15) is 22.8 Å². The van der Waals surface area contributed by atoms with Crippen LogP contribution in [-0.2, 0) is 0 Å². The third-order valence-electron chi connectivity index (χ3n) is 2.20. The van der Waals surface area contributed by atoms with E-state index < -0.39 is 35.0 Å². The number of hydrogen-bond donors (Lipinski definition) is 2. The smallest absolute Gasteiger partial charge is 0.355 e. The van der Waals surface area contributed by atoms with E-state index in [1.807, 2.05) is 5.32 Å². The van der Waals surface area contributed by atoms with Crippen molar-refractivity contribution in [1.29, 1.82) is 0 Å². The van der Waals surface area contributed by atoms with Crippen molar-refractivity contribution in [3.8, 4) is 0 Å². The molecule has 20 heavy (non-hydrogen) atoms. The number of nitrogens with one attached hydrogen (secondary N) is 1. The molecule has 0 radical (unpaired) electrons. The lowest BCUT2D eigenvalue weighted by molar-refractivity contribution is 0.0691. The normalized spacial score (nSPS) is 10.3. The number of aromatic nitrogens is 1. The molecule has 2 rings (SSSR count). The lowest BCUT2D eigenvalue weighted by Gasteiger charge is -2.05. The van der Waals surface area contributed by atoms with E-state index in [-0.39, 0.29) is 10.7 Å². The summed E-state index contributed by atoms with van der Waals surface area (Å²) in [4.78, 5) is 25.7. The van der Waals surface area contributed by atoms with Crippen LogP contribution in [0.4, 0.5) is 18.9 Å². The van der Waals surface area contributed by atoms with E-state index in [2.05, 4.69) is 4.98 Å². The molecule has 2 aromatic rings. The summed E-state index contributed by atoms with van der Waals surface area (Å²) in [6.07, 6.45) is 0. The highest BCUT2D eigenvalue weighted by atomic mass is 32.1. The number of anilines is 1. The highest BCUT2D eigenvalue weighted by Gasteiger charge is 2.19. The molecule has 0 saturated carbocycles. The summed E-state index contributed by atoms with van der Waals surface area (Å²) in [6.45, 7) is 0. The van der Waals surface area contributed by atoms with Crippen molar-refractivity contribution in [2.24, 2.45) is 0 Å². The van der Waals surface area contributed by atoms with Crippen LogP contribution in [0.5, 0.6) is 0 Å². The van der Waals surface area contributed by atoms with Gasteiger partial charge in [-0.15, -0.1) is 11.3 Å². The minimum Gasteiger partial charge on any atom is -0.476 e. The molecule has 1 heterocycles. The van der Waals surface area contributed by atoms with Crippen LogP contribution in [0.2, 0.25) is 0 Å². The number of halogens is 3. The van der Waals surface area contributed by atoms with Gasteiger partial charge in [-0.2, -0.15) is 0 Å². The second-order valence-electron chi connectivity index (χ2n) is 3.52. The second kappa shape index (κ2) is 5.29. The summed E-state index contributed by atoms with van der Waals surface area (Å²) in [5.41, 5.74) is -0.910. The zero-order valence-corrected chi connectivity index (χ0v) is 10.3. The molecule has 0 unspecified atom stereocenters. The lowest BCUT2D eigenvalue weighted by atomic mass is 10.3. The van der Waals surface area contributed by atoms with Crippen molar-refractivity contribution in [3.05, 3.63) is 45.7 Å². The number of carbonyl (C=O) groups excluding carboxylic acids is 1. The molecule has 5 nitrogen and oxygen atoms in total. The molecule has 9 heteroatoms. The standard InChI is InChI=1S/C11H5F3N2O3S/c12-4-1-2-5(8(14)7(4)13)15-9(17)10-16-6(3-20-10)11(18)19/h1-3H,(H,15,17)(H,18,19). The average Bonchev–Trinajstić information content (AvgIpc) is 2.89. The fourth-order valence-electron chi connectivity index (χ4n) is 1.27. The summed E-state index contributed by atoms with van der Waals surface area (Å²) >= 11 is 0.724. The minimum atomic E-state index is -1.71. The summed E-state index contributed by atoms with van der Waals surface area (Å²) in [6, 6.07) is 1.50. The number of amides is 1. The first-order valence-corrected chi connectivity index (χ1v) is 5.91. The van der Waals surface area contributed by atoms with Gasteiger partial charge in [0, 0.05) is 5.38 Å². The molecule has 0 aliphatic rings. The largest absolute Gasteiger partial charge is 0.476 e. The number of carboxylic acid groups (broad SMARTS) is 1. The molecule has 0 saturated heterocycles. The zero-order chi connectivity index (χ0) is 14.9. The number of carbonyl (C=O) groups is 2. The van der Waals surface area contributed by atoms with Gasteiger partial charge in [0.05, 0.1) is 5.69 Å². The molecule has 2 N–H and O–H groups in total. The third kappa shape index (κ3) is 2.62. The maximum Gasteiger partial charge on any atom is 0.355 e. The van der Waals surface area contributed by atoms with E-state index in [4.69, 9.17) is 5.11 Å². The van der Waals surface area contributed by atoms with E-state index >= 15 is 0 Å². The van der Waals surface area contributed by atoms with Gasteiger partial charge < -0.3 is 10.4 Å². The van der Waals surface area contributed by atoms with Crippen LogP contribution in [0.3, 0.4) is 0 Å². The Morgan fingerprint density at radius 1 is 1.20 bits per heavy atom. The molecule has 0 fully saturated rings. The van der Waals surface area contributed by atoms with Crippen molar-refractivity contribution in [2.45, 2.75) is 0 Å². The van der Waals surface area contributed by atoms with E-state index in [1.54, 1.807) is 0 Å². The predicted octanol–water partition coefficient (Wildman–Crippen LogP) is 2.51. The van der Waals surface area contributed by atoms with Crippen LogP contribution in [0.15, 0.2) is 17.5 Å². The molecule has 1 aromatic heterocycles. The van der Waals surface area contributed by atoms with E-state index in [1.165, 1.54) is 0 Å². The Balaban J connectivity index is 2.23. The number of rotatable bonds is 3. The zero-order valence-electron chi connectivity index (χ0n) is 9.49. The van der Waals surface area contributed by atoms with Crippen molar-refractivity contribution < 1.29 is 27.9 Å². The Labute approximate surface area is 113 Å². The van der Waals surface area contributed by atoms with Gasteiger partial charge in [-0.1, -0.05) is 0 Å².